The zero-order valence-electron chi connectivity index (χ0n) is 22.5. The van der Waals surface area contributed by atoms with Crippen LogP contribution in [0.15, 0.2) is 140 Å². The molecule has 3 heterocycles. The Kier molecular flexibility index (Phi) is 5.07. The van der Waals surface area contributed by atoms with Crippen molar-refractivity contribution in [2.75, 3.05) is 0 Å². The van der Waals surface area contributed by atoms with E-state index in [1.54, 1.807) is 11.3 Å². The molecule has 3 nitrogen and oxygen atoms in total. The first-order chi connectivity index (χ1) is 20.8. The van der Waals surface area contributed by atoms with E-state index in [9.17, 15) is 0 Å². The zero-order chi connectivity index (χ0) is 27.6. The summed E-state index contributed by atoms with van der Waals surface area (Å²) in [5, 5.41) is 7.17. The van der Waals surface area contributed by atoms with Crippen molar-refractivity contribution in [3.8, 4) is 28.3 Å². The topological polar surface area (TPSA) is 30.7 Å². The Balaban J connectivity index is 1.40. The quantitative estimate of drug-likeness (QED) is 0.218. The van der Waals surface area contributed by atoms with Crippen LogP contribution in [0.25, 0.3) is 81.2 Å². The van der Waals surface area contributed by atoms with E-state index in [2.05, 4.69) is 138 Å². The average Bonchev–Trinajstić information content (AvgIpc) is 3.59. The fourth-order valence-corrected chi connectivity index (χ4v) is 7.32. The highest BCUT2D eigenvalue weighted by molar-refractivity contribution is 7.25. The second-order valence-electron chi connectivity index (χ2n) is 10.7. The largest absolute Gasteiger partial charge is 0.293 e. The van der Waals surface area contributed by atoms with E-state index >= 15 is 0 Å². The van der Waals surface area contributed by atoms with Crippen LogP contribution in [0.1, 0.15) is 0 Å². The second-order valence-corrected chi connectivity index (χ2v) is 11.7. The van der Waals surface area contributed by atoms with Gasteiger partial charge in [-0.2, -0.15) is 0 Å². The molecule has 3 aromatic heterocycles. The molecule has 0 aliphatic heterocycles. The number of benzene rings is 6. The molecule has 9 aromatic rings. The molecule has 4 heteroatoms. The van der Waals surface area contributed by atoms with Crippen LogP contribution in [0.4, 0.5) is 0 Å². The normalized spacial score (nSPS) is 11.8. The summed E-state index contributed by atoms with van der Waals surface area (Å²) in [6.45, 7) is 0. The van der Waals surface area contributed by atoms with Gasteiger partial charge in [0.25, 0.3) is 0 Å². The Morgan fingerprint density at radius 3 is 2.05 bits per heavy atom. The molecule has 0 spiro atoms. The van der Waals surface area contributed by atoms with Crippen LogP contribution in [0.2, 0.25) is 0 Å². The molecule has 196 valence electrons. The number of aromatic nitrogens is 3. The Morgan fingerprint density at radius 1 is 0.476 bits per heavy atom. The van der Waals surface area contributed by atoms with Gasteiger partial charge in [0.15, 0.2) is 11.6 Å². The molecule has 9 rings (SSSR count). The highest BCUT2D eigenvalue weighted by Gasteiger charge is 2.21. The van der Waals surface area contributed by atoms with Crippen molar-refractivity contribution in [1.29, 1.82) is 0 Å². The predicted molar refractivity (Wildman–Crippen MR) is 178 cm³/mol. The summed E-state index contributed by atoms with van der Waals surface area (Å²) in [5.41, 5.74) is 5.62. The van der Waals surface area contributed by atoms with Gasteiger partial charge < -0.3 is 0 Å². The summed E-state index contributed by atoms with van der Waals surface area (Å²) >= 11 is 1.73. The van der Waals surface area contributed by atoms with Crippen molar-refractivity contribution in [1.82, 2.24) is 14.5 Å². The molecule has 0 saturated carbocycles. The Morgan fingerprint density at radius 2 is 1.17 bits per heavy atom. The third-order valence-corrected chi connectivity index (χ3v) is 9.26. The molecule has 0 fully saturated rings. The molecule has 0 saturated heterocycles. The molecule has 6 aromatic carbocycles. The lowest BCUT2D eigenvalue weighted by Gasteiger charge is -2.12. The van der Waals surface area contributed by atoms with Crippen molar-refractivity contribution in [3.63, 3.8) is 0 Å². The maximum atomic E-state index is 5.41. The van der Waals surface area contributed by atoms with Gasteiger partial charge in [-0.3, -0.25) is 4.57 Å². The minimum atomic E-state index is 0.730. The van der Waals surface area contributed by atoms with Crippen LogP contribution < -0.4 is 0 Å². The highest BCUT2D eigenvalue weighted by Crippen LogP contribution is 2.41. The molecular weight excluding hydrogens is 531 g/mol. The van der Waals surface area contributed by atoms with Gasteiger partial charge >= 0.3 is 0 Å². The summed E-state index contributed by atoms with van der Waals surface area (Å²) in [4.78, 5) is 11.6. The number of rotatable bonds is 3. The molecule has 0 radical (unpaired) electrons. The van der Waals surface area contributed by atoms with E-state index < -0.39 is 0 Å². The van der Waals surface area contributed by atoms with Gasteiger partial charge in [0.2, 0.25) is 0 Å². The summed E-state index contributed by atoms with van der Waals surface area (Å²) in [6, 6.07) is 49.5. The molecule has 0 N–H and O–H groups in total. The summed E-state index contributed by atoms with van der Waals surface area (Å²) in [5.74, 6) is 1.65. The van der Waals surface area contributed by atoms with Crippen molar-refractivity contribution in [2.24, 2.45) is 0 Å². The van der Waals surface area contributed by atoms with Gasteiger partial charge in [0.05, 0.1) is 16.4 Å². The van der Waals surface area contributed by atoms with Crippen LogP contribution in [-0.4, -0.2) is 14.5 Å². The highest BCUT2D eigenvalue weighted by atomic mass is 32.1. The number of nitrogens with zero attached hydrogens (tertiary/aromatic N) is 3. The van der Waals surface area contributed by atoms with Crippen LogP contribution in [0, 0.1) is 0 Å². The lowest BCUT2D eigenvalue weighted by molar-refractivity contribution is 1.08. The molecular formula is C38H23N3S. The van der Waals surface area contributed by atoms with Gasteiger partial charge in [-0.25, -0.2) is 9.97 Å². The van der Waals surface area contributed by atoms with Crippen LogP contribution in [-0.2, 0) is 0 Å². The molecule has 0 atom stereocenters. The molecule has 0 bridgehead atoms. The van der Waals surface area contributed by atoms with Gasteiger partial charge in [-0.05, 0) is 52.2 Å². The Hall–Kier alpha value is -5.32. The number of para-hydroxylation sites is 1. The fourth-order valence-electron chi connectivity index (χ4n) is 6.25. The van der Waals surface area contributed by atoms with E-state index in [-0.39, 0.29) is 0 Å². The van der Waals surface area contributed by atoms with Crippen LogP contribution in [0.5, 0.6) is 0 Å². The monoisotopic (exact) mass is 553 g/mol. The van der Waals surface area contributed by atoms with E-state index in [1.807, 2.05) is 6.07 Å². The second kappa shape index (κ2) is 9.10. The number of thiophene rings is 1. The van der Waals surface area contributed by atoms with E-state index in [4.69, 9.17) is 9.97 Å². The molecule has 0 amide bonds. The van der Waals surface area contributed by atoms with E-state index in [0.717, 1.165) is 44.0 Å². The Labute approximate surface area is 246 Å². The van der Waals surface area contributed by atoms with Crippen molar-refractivity contribution in [2.45, 2.75) is 0 Å². The van der Waals surface area contributed by atoms with E-state index in [0.29, 0.717) is 0 Å². The minimum Gasteiger partial charge on any atom is -0.293 e. The van der Waals surface area contributed by atoms with E-state index in [1.165, 1.54) is 37.2 Å². The lowest BCUT2D eigenvalue weighted by atomic mass is 10.0. The first-order valence-electron chi connectivity index (χ1n) is 14.1. The maximum Gasteiger partial charge on any atom is 0.163 e. The smallest absolute Gasteiger partial charge is 0.163 e. The minimum absolute atomic E-state index is 0.730. The average molecular weight is 554 g/mol. The van der Waals surface area contributed by atoms with Crippen LogP contribution in [0.3, 0.4) is 0 Å². The predicted octanol–water partition coefficient (Wildman–Crippen LogP) is 10.4. The molecule has 42 heavy (non-hydrogen) atoms. The number of hydrogen-bond acceptors (Lipinski definition) is 3. The zero-order valence-corrected chi connectivity index (χ0v) is 23.3. The summed E-state index contributed by atoms with van der Waals surface area (Å²) < 4.78 is 3.56. The standard InChI is InChI=1S/C38H23N3S/c1-2-11-24(12-3-1)25-15-10-16-28(21-25)36-39-37(35-30-18-7-9-20-34(30)42-38(35)40-36)41-32-19-8-6-17-29(32)31-22-26-13-4-5-14-27(26)23-33(31)41/h1-23H. The Bertz CT molecular complexity index is 2470. The number of fused-ring (bicyclic) bond motifs is 7. The van der Waals surface area contributed by atoms with Crippen LogP contribution >= 0.6 is 11.3 Å². The first kappa shape index (κ1) is 23.4. The SMILES string of the molecule is c1ccc(-c2cccc(-c3nc(-n4c5ccccc5c5cc6ccccc6cc54)c4c(n3)sc3ccccc34)c2)cc1. The van der Waals surface area contributed by atoms with Gasteiger partial charge in [-0.15, -0.1) is 11.3 Å². The molecule has 0 aliphatic carbocycles. The van der Waals surface area contributed by atoms with Gasteiger partial charge in [0.1, 0.15) is 4.83 Å². The fraction of sp³-hybridized carbons (Fsp3) is 0. The summed E-state index contributed by atoms with van der Waals surface area (Å²) in [6.07, 6.45) is 0. The van der Waals surface area contributed by atoms with Crippen molar-refractivity contribution < 1.29 is 0 Å². The van der Waals surface area contributed by atoms with Crippen molar-refractivity contribution in [3.05, 3.63) is 140 Å². The van der Waals surface area contributed by atoms with Gasteiger partial charge in [0, 0.05) is 26.4 Å². The third kappa shape index (κ3) is 3.52. The lowest BCUT2D eigenvalue weighted by Crippen LogP contribution is -2.02. The third-order valence-electron chi connectivity index (χ3n) is 8.20. The molecule has 0 aliphatic rings. The summed E-state index contributed by atoms with van der Waals surface area (Å²) in [7, 11) is 0. The van der Waals surface area contributed by atoms with Gasteiger partial charge in [-0.1, -0.05) is 109 Å². The maximum absolute atomic E-state index is 5.41. The number of hydrogen-bond donors (Lipinski definition) is 0. The first-order valence-corrected chi connectivity index (χ1v) is 14.9. The van der Waals surface area contributed by atoms with Crippen molar-refractivity contribution >= 4 is 64.2 Å². The molecule has 0 unspecified atom stereocenters.